The first kappa shape index (κ1) is 14.8. The van der Waals surface area contributed by atoms with Crippen LogP contribution in [0.5, 0.6) is 0 Å². The molecule has 0 saturated carbocycles. The van der Waals surface area contributed by atoms with Gasteiger partial charge in [0.15, 0.2) is 5.58 Å². The number of non-ortho nitro benzene ring substituents is 1. The van der Waals surface area contributed by atoms with Crippen LogP contribution in [0.3, 0.4) is 0 Å². The number of hydrogen-bond acceptors (Lipinski definition) is 6. The fourth-order valence-corrected chi connectivity index (χ4v) is 1.75. The van der Waals surface area contributed by atoms with Crippen molar-refractivity contribution in [3.05, 3.63) is 28.3 Å². The first-order valence-electron chi connectivity index (χ1n) is 6.48. The van der Waals surface area contributed by atoms with E-state index in [0.717, 1.165) is 0 Å². The van der Waals surface area contributed by atoms with E-state index < -0.39 is 11.0 Å². The number of nitrogens with one attached hydrogen (secondary N) is 2. The Bertz CT molecular complexity index is 680. The number of rotatable bonds is 5. The molecule has 1 unspecified atom stereocenters. The molecule has 1 heterocycles. The molecular weight excluding hydrogens is 276 g/mol. The Kier molecular flexibility index (Phi) is 4.06. The van der Waals surface area contributed by atoms with Crippen LogP contribution in [0.15, 0.2) is 22.6 Å². The molecule has 0 spiro atoms. The monoisotopic (exact) mass is 292 g/mol. The maximum atomic E-state index is 11.8. The van der Waals surface area contributed by atoms with Gasteiger partial charge in [-0.2, -0.15) is 4.98 Å². The second-order valence-electron chi connectivity index (χ2n) is 4.96. The second kappa shape index (κ2) is 5.78. The Labute approximate surface area is 120 Å². The third-order valence-electron chi connectivity index (χ3n) is 2.75. The third kappa shape index (κ3) is 3.47. The highest BCUT2D eigenvalue weighted by molar-refractivity contribution is 5.84. The second-order valence-corrected chi connectivity index (χ2v) is 4.96. The molecule has 21 heavy (non-hydrogen) atoms. The molecule has 0 bridgehead atoms. The minimum Gasteiger partial charge on any atom is -0.423 e. The fourth-order valence-electron chi connectivity index (χ4n) is 1.75. The van der Waals surface area contributed by atoms with Crippen LogP contribution < -0.4 is 10.6 Å². The first-order valence-corrected chi connectivity index (χ1v) is 6.48. The molecule has 0 aliphatic heterocycles. The number of benzene rings is 1. The maximum absolute atomic E-state index is 11.8. The number of hydrogen-bond donors (Lipinski definition) is 2. The molecule has 2 N–H and O–H groups in total. The van der Waals surface area contributed by atoms with E-state index in [-0.39, 0.29) is 23.7 Å². The lowest BCUT2D eigenvalue weighted by molar-refractivity contribution is -0.384. The van der Waals surface area contributed by atoms with E-state index in [1.165, 1.54) is 18.2 Å². The smallest absolute Gasteiger partial charge is 0.296 e. The van der Waals surface area contributed by atoms with Crippen molar-refractivity contribution in [1.29, 1.82) is 0 Å². The van der Waals surface area contributed by atoms with Gasteiger partial charge < -0.3 is 15.1 Å². The molecule has 2 rings (SSSR count). The molecule has 0 saturated heterocycles. The van der Waals surface area contributed by atoms with Crippen LogP contribution in [-0.2, 0) is 4.79 Å². The van der Waals surface area contributed by atoms with E-state index in [1.54, 1.807) is 6.92 Å². The quantitative estimate of drug-likeness (QED) is 0.644. The van der Waals surface area contributed by atoms with Crippen LogP contribution in [0.1, 0.15) is 20.8 Å². The highest BCUT2D eigenvalue weighted by atomic mass is 16.6. The summed E-state index contributed by atoms with van der Waals surface area (Å²) in [5.41, 5.74) is 0.707. The van der Waals surface area contributed by atoms with Crippen molar-refractivity contribution in [3.63, 3.8) is 0 Å². The van der Waals surface area contributed by atoms with Gasteiger partial charge in [0.25, 0.3) is 11.7 Å². The zero-order chi connectivity index (χ0) is 15.6. The number of anilines is 1. The molecule has 0 aliphatic carbocycles. The Morgan fingerprint density at radius 1 is 1.38 bits per heavy atom. The molecule has 0 aliphatic rings. The SMILES string of the molecule is CC(C)NC(=O)C(C)Nc1nc2ccc([N+](=O)[O-])cc2o1. The summed E-state index contributed by atoms with van der Waals surface area (Å²) in [5.74, 6) is -0.182. The minimum absolute atomic E-state index is 0.0352. The van der Waals surface area contributed by atoms with E-state index in [4.69, 9.17) is 4.42 Å². The maximum Gasteiger partial charge on any atom is 0.296 e. The van der Waals surface area contributed by atoms with Crippen molar-refractivity contribution in [3.8, 4) is 0 Å². The predicted octanol–water partition coefficient (Wildman–Crippen LogP) is 2.06. The van der Waals surface area contributed by atoms with Crippen LogP contribution >= 0.6 is 0 Å². The number of carbonyl (C=O) groups excluding carboxylic acids is 1. The van der Waals surface area contributed by atoms with E-state index >= 15 is 0 Å². The average molecular weight is 292 g/mol. The molecule has 1 aromatic heterocycles. The fraction of sp³-hybridized carbons (Fsp3) is 0.385. The average Bonchev–Trinajstić information content (AvgIpc) is 2.78. The van der Waals surface area contributed by atoms with Gasteiger partial charge in [-0.1, -0.05) is 0 Å². The summed E-state index contributed by atoms with van der Waals surface area (Å²) in [6.07, 6.45) is 0. The highest BCUT2D eigenvalue weighted by Crippen LogP contribution is 2.23. The summed E-state index contributed by atoms with van der Waals surface area (Å²) in [5, 5.41) is 16.3. The molecule has 112 valence electrons. The molecule has 1 atom stereocenters. The lowest BCUT2D eigenvalue weighted by Gasteiger charge is -2.14. The summed E-state index contributed by atoms with van der Waals surface area (Å²) in [7, 11) is 0. The van der Waals surface area contributed by atoms with Gasteiger partial charge in [-0.3, -0.25) is 14.9 Å². The van der Waals surface area contributed by atoms with Crippen molar-refractivity contribution < 1.29 is 14.1 Å². The summed E-state index contributed by atoms with van der Waals surface area (Å²) >= 11 is 0. The summed E-state index contributed by atoms with van der Waals surface area (Å²) in [6, 6.07) is 3.80. The molecule has 1 amide bonds. The molecule has 8 nitrogen and oxygen atoms in total. The van der Waals surface area contributed by atoms with Crippen molar-refractivity contribution in [2.45, 2.75) is 32.9 Å². The van der Waals surface area contributed by atoms with Gasteiger partial charge in [0.2, 0.25) is 5.91 Å². The van der Waals surface area contributed by atoms with Gasteiger partial charge in [0.05, 0.1) is 11.0 Å². The Balaban J connectivity index is 2.16. The van der Waals surface area contributed by atoms with E-state index in [1.807, 2.05) is 13.8 Å². The van der Waals surface area contributed by atoms with Crippen LogP contribution in [0.2, 0.25) is 0 Å². The van der Waals surface area contributed by atoms with Gasteiger partial charge in [0, 0.05) is 12.1 Å². The Morgan fingerprint density at radius 3 is 2.71 bits per heavy atom. The van der Waals surface area contributed by atoms with Gasteiger partial charge in [-0.15, -0.1) is 0 Å². The highest BCUT2D eigenvalue weighted by Gasteiger charge is 2.17. The van der Waals surface area contributed by atoms with E-state index in [9.17, 15) is 14.9 Å². The number of fused-ring (bicyclic) bond motifs is 1. The van der Waals surface area contributed by atoms with E-state index in [2.05, 4.69) is 15.6 Å². The van der Waals surface area contributed by atoms with Crippen LogP contribution in [0.4, 0.5) is 11.7 Å². The molecule has 1 aromatic carbocycles. The standard InChI is InChI=1S/C13H16N4O4/c1-7(2)14-12(18)8(3)15-13-16-10-5-4-9(17(19)20)6-11(10)21-13/h4-8H,1-3H3,(H,14,18)(H,15,16). The predicted molar refractivity (Wildman–Crippen MR) is 77.0 cm³/mol. The summed E-state index contributed by atoms with van der Waals surface area (Å²) < 4.78 is 5.38. The number of oxazole rings is 1. The number of nitro benzene ring substituents is 1. The Morgan fingerprint density at radius 2 is 2.10 bits per heavy atom. The lowest BCUT2D eigenvalue weighted by atomic mass is 10.3. The van der Waals surface area contributed by atoms with Gasteiger partial charge in [-0.05, 0) is 26.8 Å². The first-order chi connectivity index (χ1) is 9.86. The molecule has 2 aromatic rings. The molecular formula is C13H16N4O4. The zero-order valence-electron chi connectivity index (χ0n) is 11.9. The molecule has 8 heteroatoms. The van der Waals surface area contributed by atoms with Crippen LogP contribution in [0, 0.1) is 10.1 Å². The van der Waals surface area contributed by atoms with Crippen molar-refractivity contribution in [2.75, 3.05) is 5.32 Å². The number of amides is 1. The Hall–Kier alpha value is -2.64. The third-order valence-corrected chi connectivity index (χ3v) is 2.75. The van der Waals surface area contributed by atoms with Crippen molar-refractivity contribution >= 4 is 28.7 Å². The minimum atomic E-state index is -0.532. The topological polar surface area (TPSA) is 110 Å². The van der Waals surface area contributed by atoms with Gasteiger partial charge in [0.1, 0.15) is 11.6 Å². The van der Waals surface area contributed by atoms with Crippen molar-refractivity contribution in [1.82, 2.24) is 10.3 Å². The largest absolute Gasteiger partial charge is 0.423 e. The van der Waals surface area contributed by atoms with Gasteiger partial charge in [-0.25, -0.2) is 0 Å². The summed E-state index contributed by atoms with van der Waals surface area (Å²) in [4.78, 5) is 26.1. The normalized spacial score (nSPS) is 12.4. The number of nitro groups is 1. The molecule has 0 radical (unpaired) electrons. The van der Waals surface area contributed by atoms with Gasteiger partial charge >= 0.3 is 0 Å². The number of carbonyl (C=O) groups is 1. The van der Waals surface area contributed by atoms with Crippen LogP contribution in [-0.4, -0.2) is 27.9 Å². The number of nitrogens with zero attached hydrogens (tertiary/aromatic N) is 2. The zero-order valence-corrected chi connectivity index (χ0v) is 11.9. The van der Waals surface area contributed by atoms with Crippen molar-refractivity contribution in [2.24, 2.45) is 0 Å². The number of aromatic nitrogens is 1. The van der Waals surface area contributed by atoms with E-state index in [0.29, 0.717) is 11.1 Å². The molecule has 0 fully saturated rings. The lowest BCUT2D eigenvalue weighted by Crippen LogP contribution is -2.41. The van der Waals surface area contributed by atoms with Crippen LogP contribution in [0.25, 0.3) is 11.1 Å². The summed E-state index contributed by atoms with van der Waals surface area (Å²) in [6.45, 7) is 5.40.